The highest BCUT2D eigenvalue weighted by Gasteiger charge is 2.04. The van der Waals surface area contributed by atoms with Crippen LogP contribution in [-0.2, 0) is 0 Å². The zero-order chi connectivity index (χ0) is 13.4. The van der Waals surface area contributed by atoms with Gasteiger partial charge in [-0.3, -0.25) is 0 Å². The van der Waals surface area contributed by atoms with Crippen molar-refractivity contribution in [3.63, 3.8) is 0 Å². The molecule has 1 heterocycles. The van der Waals surface area contributed by atoms with Crippen molar-refractivity contribution in [2.75, 3.05) is 30.7 Å². The lowest BCUT2D eigenvalue weighted by Crippen LogP contribution is -2.33. The number of carbonyl (C=O) groups is 1. The van der Waals surface area contributed by atoms with E-state index >= 15 is 0 Å². The summed E-state index contributed by atoms with van der Waals surface area (Å²) in [5.74, 6) is 0.362. The van der Waals surface area contributed by atoms with E-state index in [4.69, 9.17) is 16.2 Å². The summed E-state index contributed by atoms with van der Waals surface area (Å²) in [6.07, 6.45) is 0.844. The molecule has 1 aromatic heterocycles. The first-order chi connectivity index (χ1) is 8.61. The summed E-state index contributed by atoms with van der Waals surface area (Å²) in [6, 6.07) is -0.409. The van der Waals surface area contributed by atoms with E-state index in [0.717, 1.165) is 6.42 Å². The van der Waals surface area contributed by atoms with E-state index in [1.807, 2.05) is 6.92 Å². The molecule has 0 atom stereocenters. The van der Waals surface area contributed by atoms with Crippen molar-refractivity contribution in [1.29, 1.82) is 0 Å². The Kier molecular flexibility index (Phi) is 5.42. The third kappa shape index (κ3) is 5.14. The molecule has 0 radical (unpaired) electrons. The van der Waals surface area contributed by atoms with Crippen LogP contribution in [0.1, 0.15) is 13.3 Å². The second-order valence-electron chi connectivity index (χ2n) is 3.37. The number of nitrogens with one attached hydrogen (secondary N) is 2. The number of carbonyl (C=O) groups excluding carboxylic acids is 1. The number of nitrogen functional groups attached to an aromatic ring is 1. The molecule has 9 heteroatoms. The predicted octanol–water partition coefficient (Wildman–Crippen LogP) is -0.677. The van der Waals surface area contributed by atoms with Gasteiger partial charge >= 0.3 is 12.0 Å². The number of rotatable bonds is 7. The first kappa shape index (κ1) is 13.7. The zero-order valence-electron chi connectivity index (χ0n) is 10.1. The third-order valence-electron chi connectivity index (χ3n) is 1.77. The van der Waals surface area contributed by atoms with Gasteiger partial charge in [0.1, 0.15) is 0 Å². The van der Waals surface area contributed by atoms with E-state index < -0.39 is 6.03 Å². The Hall–Kier alpha value is -2.32. The fourth-order valence-electron chi connectivity index (χ4n) is 1.07. The molecule has 0 aliphatic rings. The summed E-state index contributed by atoms with van der Waals surface area (Å²) in [5, 5.41) is 5.29. The first-order valence-corrected chi connectivity index (χ1v) is 5.53. The van der Waals surface area contributed by atoms with Crippen LogP contribution in [-0.4, -0.2) is 40.7 Å². The molecule has 0 aliphatic heterocycles. The van der Waals surface area contributed by atoms with Crippen LogP contribution in [0.3, 0.4) is 0 Å². The van der Waals surface area contributed by atoms with E-state index in [0.29, 0.717) is 25.6 Å². The monoisotopic (exact) mass is 255 g/mol. The van der Waals surface area contributed by atoms with E-state index in [-0.39, 0.29) is 12.0 Å². The molecule has 0 fully saturated rings. The minimum absolute atomic E-state index is 0.0708. The molecule has 0 bridgehead atoms. The second-order valence-corrected chi connectivity index (χ2v) is 3.37. The summed E-state index contributed by atoms with van der Waals surface area (Å²) < 4.78 is 5.25. The number of anilines is 2. The zero-order valence-corrected chi connectivity index (χ0v) is 10.1. The van der Waals surface area contributed by atoms with Crippen molar-refractivity contribution in [2.45, 2.75) is 13.3 Å². The quantitative estimate of drug-likeness (QED) is 0.473. The molecule has 0 aromatic carbocycles. The maximum Gasteiger partial charge on any atom is 0.323 e. The van der Waals surface area contributed by atoms with Crippen molar-refractivity contribution in [3.05, 3.63) is 0 Å². The molecule has 1 rings (SSSR count). The summed E-state index contributed by atoms with van der Waals surface area (Å²) in [4.78, 5) is 22.2. The maximum absolute atomic E-state index is 10.4. The number of hydrogen-bond acceptors (Lipinski definition) is 7. The number of urea groups is 1. The van der Waals surface area contributed by atoms with Gasteiger partial charge in [-0.1, -0.05) is 6.92 Å². The molecule has 0 saturated heterocycles. The Labute approximate surface area is 104 Å². The lowest BCUT2D eigenvalue weighted by Gasteiger charge is -2.07. The van der Waals surface area contributed by atoms with Crippen molar-refractivity contribution in [2.24, 2.45) is 5.73 Å². The Balaban J connectivity index is 2.48. The Morgan fingerprint density at radius 1 is 1.33 bits per heavy atom. The number of hydrogen-bond donors (Lipinski definition) is 4. The summed E-state index contributed by atoms with van der Waals surface area (Å²) >= 11 is 0. The van der Waals surface area contributed by atoms with Crippen molar-refractivity contribution in [3.8, 4) is 6.01 Å². The van der Waals surface area contributed by atoms with Crippen LogP contribution in [0.5, 0.6) is 6.01 Å². The van der Waals surface area contributed by atoms with Crippen molar-refractivity contribution in [1.82, 2.24) is 20.3 Å². The summed E-state index contributed by atoms with van der Waals surface area (Å²) in [5.41, 5.74) is 10.4. The minimum Gasteiger partial charge on any atom is -0.463 e. The van der Waals surface area contributed by atoms with Gasteiger partial charge in [0.25, 0.3) is 0 Å². The SMILES string of the molecule is CCCOc1nc(N)nc(NCCNC(N)=O)n1. The van der Waals surface area contributed by atoms with Crippen LogP contribution in [0.25, 0.3) is 0 Å². The van der Waals surface area contributed by atoms with Gasteiger partial charge in [-0.15, -0.1) is 0 Å². The fourth-order valence-corrected chi connectivity index (χ4v) is 1.07. The molecule has 18 heavy (non-hydrogen) atoms. The first-order valence-electron chi connectivity index (χ1n) is 5.53. The smallest absolute Gasteiger partial charge is 0.323 e. The molecule has 0 aliphatic carbocycles. The highest BCUT2D eigenvalue weighted by atomic mass is 16.5. The van der Waals surface area contributed by atoms with E-state index in [1.54, 1.807) is 0 Å². The highest BCUT2D eigenvalue weighted by molar-refractivity contribution is 5.71. The van der Waals surface area contributed by atoms with Gasteiger partial charge in [0.05, 0.1) is 6.61 Å². The van der Waals surface area contributed by atoms with E-state index in [1.165, 1.54) is 0 Å². The third-order valence-corrected chi connectivity index (χ3v) is 1.77. The van der Waals surface area contributed by atoms with Crippen LogP contribution >= 0.6 is 0 Å². The number of amides is 2. The number of ether oxygens (including phenoxy) is 1. The maximum atomic E-state index is 10.4. The molecule has 9 nitrogen and oxygen atoms in total. The fraction of sp³-hybridized carbons (Fsp3) is 0.556. The van der Waals surface area contributed by atoms with Crippen LogP contribution in [0.2, 0.25) is 0 Å². The normalized spacial score (nSPS) is 9.83. The average molecular weight is 255 g/mol. The van der Waals surface area contributed by atoms with Gasteiger partial charge in [-0.2, -0.15) is 15.0 Å². The minimum atomic E-state index is -0.584. The van der Waals surface area contributed by atoms with E-state index in [9.17, 15) is 4.79 Å². The standard InChI is InChI=1S/C9H17N7O2/c1-2-5-18-9-15-6(10)14-8(16-9)13-4-3-12-7(11)17/h2-5H2,1H3,(H3,11,12,17)(H3,10,13,14,15,16). The van der Waals surface area contributed by atoms with Gasteiger partial charge in [-0.05, 0) is 6.42 Å². The molecule has 2 amide bonds. The van der Waals surface area contributed by atoms with Crippen LogP contribution < -0.4 is 26.8 Å². The summed E-state index contributed by atoms with van der Waals surface area (Å²) in [6.45, 7) is 3.25. The molecule has 0 saturated carbocycles. The van der Waals surface area contributed by atoms with Gasteiger partial charge in [0, 0.05) is 13.1 Å². The van der Waals surface area contributed by atoms with Crippen molar-refractivity contribution < 1.29 is 9.53 Å². The average Bonchev–Trinajstić information content (AvgIpc) is 2.31. The number of nitrogens with two attached hydrogens (primary N) is 2. The van der Waals surface area contributed by atoms with Gasteiger partial charge in [0.2, 0.25) is 11.9 Å². The Bertz CT molecular complexity index is 399. The van der Waals surface area contributed by atoms with Crippen LogP contribution in [0, 0.1) is 0 Å². The molecule has 6 N–H and O–H groups in total. The Morgan fingerprint density at radius 2 is 2.11 bits per heavy atom. The molecule has 0 unspecified atom stereocenters. The van der Waals surface area contributed by atoms with Gasteiger partial charge in [0.15, 0.2) is 0 Å². The molecule has 0 spiro atoms. The number of aromatic nitrogens is 3. The second kappa shape index (κ2) is 7.09. The van der Waals surface area contributed by atoms with Crippen LogP contribution in [0.4, 0.5) is 16.7 Å². The largest absolute Gasteiger partial charge is 0.463 e. The van der Waals surface area contributed by atoms with Crippen molar-refractivity contribution >= 4 is 17.9 Å². The molecular formula is C9H17N7O2. The number of primary amides is 1. The Morgan fingerprint density at radius 3 is 2.78 bits per heavy atom. The van der Waals surface area contributed by atoms with Gasteiger partial charge < -0.3 is 26.8 Å². The molecule has 1 aromatic rings. The highest BCUT2D eigenvalue weighted by Crippen LogP contribution is 2.08. The number of nitrogens with zero attached hydrogens (tertiary/aromatic N) is 3. The lowest BCUT2D eigenvalue weighted by molar-refractivity contribution is 0.249. The van der Waals surface area contributed by atoms with Crippen LogP contribution in [0.15, 0.2) is 0 Å². The summed E-state index contributed by atoms with van der Waals surface area (Å²) in [7, 11) is 0. The lowest BCUT2D eigenvalue weighted by atomic mass is 10.5. The topological polar surface area (TPSA) is 141 Å². The molecular weight excluding hydrogens is 238 g/mol. The van der Waals surface area contributed by atoms with Gasteiger partial charge in [-0.25, -0.2) is 4.79 Å². The van der Waals surface area contributed by atoms with E-state index in [2.05, 4.69) is 25.6 Å². The predicted molar refractivity (Wildman–Crippen MR) is 66.1 cm³/mol. The molecule has 100 valence electrons.